The molecule has 46 heteroatoms. The van der Waals surface area contributed by atoms with Crippen LogP contribution in [0.1, 0.15) is 34.6 Å². The summed E-state index contributed by atoms with van der Waals surface area (Å²) in [5.74, 6) is -2.76. The zero-order valence-electron chi connectivity index (χ0n) is 56.8. The van der Waals surface area contributed by atoms with Crippen LogP contribution in [-0.4, -0.2) is 451 Å². The number of aliphatic hydroxyl groups is 23. The number of nitrogens with one attached hydrogen (secondary N) is 3. The first-order valence-electron chi connectivity index (χ1n) is 33.8. The van der Waals surface area contributed by atoms with E-state index < -0.39 is 334 Å². The van der Waals surface area contributed by atoms with Gasteiger partial charge in [0.2, 0.25) is 17.7 Å². The number of hydrogen-bond acceptors (Lipinski definition) is 43. The van der Waals surface area contributed by atoms with Crippen LogP contribution in [0.4, 0.5) is 0 Å². The average Bonchev–Trinajstić information content (AvgIpc) is 0.753. The number of carbonyl (C=O) groups excluding carboxylic acids is 3. The van der Waals surface area contributed by atoms with Gasteiger partial charge in [0.05, 0.1) is 58.5 Å². The standard InChI is InChI=1S/C59H99N3O43/c1-13-28(71)37(80)42(85)54(92-13)91-12-24-46(47(27(51(88)94-24)62-17(5)69)102-57-44(87)38(81)29(72)14(2)93-57)101-53-26(61-16(4)68)36(79)45(22(9-66)98-53)100-59-50(105-56-41(84)30(73)18(70)10-89-56)48(34(77)23(99-59)11-90-55-43(86)39(82)32(75)20(7-64)96-55)103-58-49(40(83)33(76)21(8-65)97-58)104-52-25(60-15(3)67)35(78)31(74)19(6-63)95-52/h13-14,18-59,63-66,70-88H,6-12H2,1-5H3,(H,60,67)(H,61,68)(H,62,69)/t13-,14-,18+,19+,20+,21+,22-,23-,24-,25-,26+,27+,28+,29+,30+,31+,32+,33+,34+,35-,36+,37-,38-,39+,40+,41+,42+,43+,44+,45-,46-,47+,48+,49+,50-,51?,52-,53+,54+,55-,56-,57-,58+,59+/m1/s1. The van der Waals surface area contributed by atoms with Crippen molar-refractivity contribution in [3.05, 3.63) is 0 Å². The van der Waals surface area contributed by atoms with Crippen LogP contribution in [0.5, 0.6) is 0 Å². The molecule has 0 radical (unpaired) electrons. The first kappa shape index (κ1) is 85.8. The number of amides is 3. The summed E-state index contributed by atoms with van der Waals surface area (Å²) in [6, 6.07) is -5.71. The summed E-state index contributed by atoms with van der Waals surface area (Å²) in [5, 5.41) is 262. The maximum atomic E-state index is 13.5. The molecule has 9 heterocycles. The first-order valence-corrected chi connectivity index (χ1v) is 33.8. The molecule has 0 saturated carbocycles. The van der Waals surface area contributed by atoms with Gasteiger partial charge in [-0.25, -0.2) is 0 Å². The van der Waals surface area contributed by atoms with Crippen molar-refractivity contribution in [3.8, 4) is 0 Å². The third-order valence-electron chi connectivity index (χ3n) is 19.5. The lowest BCUT2D eigenvalue weighted by molar-refractivity contribution is -0.411. The second-order valence-electron chi connectivity index (χ2n) is 27.0. The van der Waals surface area contributed by atoms with Crippen LogP contribution >= 0.6 is 0 Å². The Bertz CT molecular complexity index is 2750. The zero-order chi connectivity index (χ0) is 77.2. The van der Waals surface area contributed by atoms with Crippen LogP contribution in [-0.2, 0) is 94.9 Å². The Hall–Kier alpha value is -3.19. The van der Waals surface area contributed by atoms with E-state index in [0.717, 1.165) is 20.8 Å². The van der Waals surface area contributed by atoms with Crippen LogP contribution < -0.4 is 16.0 Å². The van der Waals surface area contributed by atoms with E-state index in [-0.39, 0.29) is 0 Å². The fourth-order valence-electron chi connectivity index (χ4n) is 13.5. The van der Waals surface area contributed by atoms with Gasteiger partial charge in [-0.3, -0.25) is 14.4 Å². The number of ether oxygens (including phenoxy) is 17. The lowest BCUT2D eigenvalue weighted by Crippen LogP contribution is -2.72. The van der Waals surface area contributed by atoms with Gasteiger partial charge in [-0.05, 0) is 13.8 Å². The Morgan fingerprint density at radius 3 is 1.24 bits per heavy atom. The normalized spacial score (nSPS) is 50.7. The second-order valence-corrected chi connectivity index (χ2v) is 27.0. The second kappa shape index (κ2) is 37.0. The van der Waals surface area contributed by atoms with Crippen LogP contribution in [0, 0.1) is 0 Å². The largest absolute Gasteiger partial charge is 0.394 e. The highest BCUT2D eigenvalue weighted by atomic mass is 16.8. The lowest BCUT2D eigenvalue weighted by Gasteiger charge is -2.52. The van der Waals surface area contributed by atoms with Gasteiger partial charge >= 0.3 is 0 Å². The van der Waals surface area contributed by atoms with Gasteiger partial charge in [-0.2, -0.15) is 0 Å². The zero-order valence-corrected chi connectivity index (χ0v) is 56.8. The molecule has 105 heavy (non-hydrogen) atoms. The average molecular weight is 1540 g/mol. The topological polar surface area (TPSA) is 710 Å². The summed E-state index contributed by atoms with van der Waals surface area (Å²) >= 11 is 0. The predicted octanol–water partition coefficient (Wildman–Crippen LogP) is -17.5. The molecule has 9 rings (SSSR count). The van der Waals surface area contributed by atoms with Crippen LogP contribution in [0.2, 0.25) is 0 Å². The van der Waals surface area contributed by atoms with E-state index in [0.29, 0.717) is 0 Å². The molecule has 0 aliphatic carbocycles. The van der Waals surface area contributed by atoms with Crippen molar-refractivity contribution < 1.29 is 212 Å². The molecular formula is C59H99N3O43. The molecule has 9 saturated heterocycles. The van der Waals surface area contributed by atoms with Gasteiger partial charge in [0.25, 0.3) is 0 Å². The van der Waals surface area contributed by atoms with Gasteiger partial charge in [0.15, 0.2) is 56.6 Å². The minimum Gasteiger partial charge on any atom is -0.394 e. The minimum absolute atomic E-state index is 0.819. The molecule has 3 amide bonds. The highest BCUT2D eigenvalue weighted by Gasteiger charge is 2.61. The van der Waals surface area contributed by atoms with Crippen molar-refractivity contribution in [2.75, 3.05) is 46.2 Å². The molecule has 1 unspecified atom stereocenters. The highest BCUT2D eigenvalue weighted by molar-refractivity contribution is 5.74. The van der Waals surface area contributed by atoms with Gasteiger partial charge in [0.1, 0.15) is 201 Å². The molecule has 46 nitrogen and oxygen atoms in total. The molecule has 0 bridgehead atoms. The van der Waals surface area contributed by atoms with E-state index in [2.05, 4.69) is 16.0 Å². The molecule has 0 aromatic heterocycles. The van der Waals surface area contributed by atoms with E-state index in [4.69, 9.17) is 80.5 Å². The van der Waals surface area contributed by atoms with Crippen LogP contribution in [0.25, 0.3) is 0 Å². The van der Waals surface area contributed by atoms with E-state index in [1.807, 2.05) is 0 Å². The minimum atomic E-state index is -2.46. The number of carbonyl (C=O) groups is 3. The number of aliphatic hydroxyl groups excluding tert-OH is 23. The Kier molecular flexibility index (Phi) is 30.2. The van der Waals surface area contributed by atoms with Gasteiger partial charge < -0.3 is 214 Å². The lowest BCUT2D eigenvalue weighted by atomic mass is 9.93. The summed E-state index contributed by atoms with van der Waals surface area (Å²) < 4.78 is 103. The van der Waals surface area contributed by atoms with E-state index in [9.17, 15) is 132 Å². The van der Waals surface area contributed by atoms with Gasteiger partial charge in [-0.1, -0.05) is 0 Å². The van der Waals surface area contributed by atoms with Crippen molar-refractivity contribution in [2.24, 2.45) is 0 Å². The number of rotatable bonds is 25. The van der Waals surface area contributed by atoms with Crippen LogP contribution in [0.15, 0.2) is 0 Å². The van der Waals surface area contributed by atoms with E-state index in [1.165, 1.54) is 13.8 Å². The Morgan fingerprint density at radius 2 is 0.686 bits per heavy atom. The summed E-state index contributed by atoms with van der Waals surface area (Å²) in [5.41, 5.74) is 0. The molecule has 0 aromatic rings. The summed E-state index contributed by atoms with van der Waals surface area (Å²) in [6.45, 7) is -1.79. The molecule has 26 N–H and O–H groups in total. The SMILES string of the molecule is CC(=O)N[C@@H]1[C@H](O[C@H]2[C@@H](O[C@H]3O[C@H](C)[C@H](O)[C@@H](O)[C@@H]3O)[C@H](NC(C)=O)C(O)O[C@@H]2CO[C@H]2O[C@H](C)[C@H](O)[C@@H](O)[C@@H]2O)O[C@H](CO)[C@@H](O[C@@H]2O[C@H](CO[C@@H]3O[C@@H](CO)[C@H](O)[C@H](O)[C@@H]3O)[C@H](O)[C@H](O[C@@H]3O[C@@H](CO)[C@H](O)[C@H](O)[C@@H]3O[C@H]3O[C@@H](CO)[C@H](O)[C@H](O)[C@H]3NC(C)=O)[C@H]2O[C@H]2OC[C@H](O)[C@H](O)[C@@H]2O)[C@H]1O. The predicted molar refractivity (Wildman–Crippen MR) is 323 cm³/mol. The van der Waals surface area contributed by atoms with Crippen molar-refractivity contribution in [2.45, 2.75) is 305 Å². The molecule has 0 aromatic carbocycles. The molecular weight excluding hydrogens is 1440 g/mol. The van der Waals surface area contributed by atoms with Crippen molar-refractivity contribution in [3.63, 3.8) is 0 Å². The maximum Gasteiger partial charge on any atom is 0.217 e. The fraction of sp³-hybridized carbons (Fsp3) is 0.949. The molecule has 9 aliphatic rings. The van der Waals surface area contributed by atoms with Crippen LogP contribution in [0.3, 0.4) is 0 Å². The first-order chi connectivity index (χ1) is 49.5. The number of hydrogen-bond donors (Lipinski definition) is 26. The summed E-state index contributed by atoms with van der Waals surface area (Å²) in [7, 11) is 0. The third-order valence-corrected chi connectivity index (χ3v) is 19.5. The van der Waals surface area contributed by atoms with Gasteiger partial charge in [-0.15, -0.1) is 0 Å². The Labute approximate surface area is 595 Å². The van der Waals surface area contributed by atoms with Crippen molar-refractivity contribution in [1.82, 2.24) is 16.0 Å². The molecule has 9 fully saturated rings. The monoisotopic (exact) mass is 1540 g/mol. The molecule has 608 valence electrons. The Balaban J connectivity index is 1.12. The van der Waals surface area contributed by atoms with E-state index >= 15 is 0 Å². The third kappa shape index (κ3) is 19.0. The molecule has 0 spiro atoms. The summed E-state index contributed by atoms with van der Waals surface area (Å²) in [6.07, 6.45) is -83.2. The quantitative estimate of drug-likeness (QED) is 0.0404. The molecule has 44 atom stereocenters. The van der Waals surface area contributed by atoms with E-state index in [1.54, 1.807) is 0 Å². The van der Waals surface area contributed by atoms with Gasteiger partial charge in [0, 0.05) is 20.8 Å². The van der Waals surface area contributed by atoms with Crippen molar-refractivity contribution in [1.29, 1.82) is 0 Å². The van der Waals surface area contributed by atoms with Crippen molar-refractivity contribution >= 4 is 17.7 Å². The Morgan fingerprint density at radius 1 is 0.305 bits per heavy atom. The summed E-state index contributed by atoms with van der Waals surface area (Å²) in [4.78, 5) is 39.0. The smallest absolute Gasteiger partial charge is 0.217 e. The highest BCUT2D eigenvalue weighted by Crippen LogP contribution is 2.40. The fourth-order valence-corrected chi connectivity index (χ4v) is 13.5. The molecule has 9 aliphatic heterocycles. The maximum absolute atomic E-state index is 13.5.